The van der Waals surface area contributed by atoms with Crippen LogP contribution in [0.4, 0.5) is 0 Å². The monoisotopic (exact) mass is 452 g/mol. The second-order valence-corrected chi connectivity index (χ2v) is 9.22. The molecule has 3 aliphatic rings. The predicted octanol–water partition coefficient (Wildman–Crippen LogP) is 2.58. The molecule has 3 heterocycles. The van der Waals surface area contributed by atoms with Gasteiger partial charge in [-0.1, -0.05) is 18.2 Å². The number of nitrogens with zero attached hydrogens (tertiary/aromatic N) is 3. The van der Waals surface area contributed by atoms with Gasteiger partial charge in [0.15, 0.2) is 6.10 Å². The average Bonchev–Trinajstić information content (AvgIpc) is 3.56. The second kappa shape index (κ2) is 9.65. The minimum absolute atomic E-state index is 0.0139. The van der Waals surface area contributed by atoms with Gasteiger partial charge in [0.25, 0.3) is 11.8 Å². The smallest absolute Gasteiger partial charge is 0.257 e. The molecule has 1 aromatic carbocycles. The Balaban J connectivity index is 1.19. The summed E-state index contributed by atoms with van der Waals surface area (Å²) in [6, 6.07) is 6.55. The van der Waals surface area contributed by atoms with E-state index in [1.54, 1.807) is 6.20 Å². The predicted molar refractivity (Wildman–Crippen MR) is 122 cm³/mol. The Hall–Kier alpha value is -2.71. The highest BCUT2D eigenvalue weighted by molar-refractivity contribution is 5.94. The van der Waals surface area contributed by atoms with Gasteiger partial charge in [0, 0.05) is 38.5 Å². The molecule has 1 unspecified atom stereocenters. The number of hydrogen-bond donors (Lipinski definition) is 1. The van der Waals surface area contributed by atoms with Gasteiger partial charge in [0.1, 0.15) is 0 Å². The first kappa shape index (κ1) is 22.1. The molecule has 1 saturated heterocycles. The maximum Gasteiger partial charge on any atom is 0.257 e. The van der Waals surface area contributed by atoms with Crippen molar-refractivity contribution in [1.29, 1.82) is 0 Å². The van der Waals surface area contributed by atoms with Crippen molar-refractivity contribution in [2.75, 3.05) is 32.9 Å². The van der Waals surface area contributed by atoms with E-state index in [-0.39, 0.29) is 23.9 Å². The van der Waals surface area contributed by atoms with Gasteiger partial charge in [-0.05, 0) is 55.7 Å². The van der Waals surface area contributed by atoms with E-state index < -0.39 is 6.10 Å². The van der Waals surface area contributed by atoms with Crippen molar-refractivity contribution in [2.45, 2.75) is 57.2 Å². The molecule has 1 atom stereocenters. The zero-order valence-electron chi connectivity index (χ0n) is 19.2. The van der Waals surface area contributed by atoms with Gasteiger partial charge in [0.2, 0.25) is 0 Å². The summed E-state index contributed by atoms with van der Waals surface area (Å²) in [4.78, 5) is 28.0. The van der Waals surface area contributed by atoms with Crippen LogP contribution in [0.15, 0.2) is 30.6 Å². The summed E-state index contributed by atoms with van der Waals surface area (Å²) in [5.41, 5.74) is 3.97. The van der Waals surface area contributed by atoms with E-state index >= 15 is 0 Å². The molecule has 1 N–H and O–H groups in total. The first-order valence-electron chi connectivity index (χ1n) is 12.0. The van der Waals surface area contributed by atoms with Crippen molar-refractivity contribution in [3.8, 4) is 0 Å². The fraction of sp³-hybridized carbons (Fsp3) is 0.560. The van der Waals surface area contributed by atoms with E-state index in [9.17, 15) is 9.59 Å². The number of carbonyl (C=O) groups excluding carboxylic acids is 2. The highest BCUT2D eigenvalue weighted by atomic mass is 16.5. The van der Waals surface area contributed by atoms with Crippen LogP contribution >= 0.6 is 0 Å². The maximum absolute atomic E-state index is 13.2. The lowest BCUT2D eigenvalue weighted by atomic mass is 9.93. The first-order chi connectivity index (χ1) is 16.1. The van der Waals surface area contributed by atoms with Crippen molar-refractivity contribution in [3.05, 3.63) is 52.8 Å². The normalized spacial score (nSPS) is 20.8. The number of amides is 2. The van der Waals surface area contributed by atoms with Crippen molar-refractivity contribution in [2.24, 2.45) is 0 Å². The fourth-order valence-corrected chi connectivity index (χ4v) is 4.89. The molecule has 2 fully saturated rings. The summed E-state index contributed by atoms with van der Waals surface area (Å²) >= 11 is 0. The molecule has 5 rings (SSSR count). The Morgan fingerprint density at radius 1 is 1.18 bits per heavy atom. The van der Waals surface area contributed by atoms with Crippen molar-refractivity contribution < 1.29 is 19.1 Å². The molecule has 0 bridgehead atoms. The molecule has 0 spiro atoms. The summed E-state index contributed by atoms with van der Waals surface area (Å²) in [5, 5.41) is 7.45. The first-order valence-corrected chi connectivity index (χ1v) is 12.0. The summed E-state index contributed by atoms with van der Waals surface area (Å²) in [6.07, 6.45) is 7.62. The van der Waals surface area contributed by atoms with Gasteiger partial charge >= 0.3 is 0 Å². The maximum atomic E-state index is 13.2. The molecule has 176 valence electrons. The number of fused-ring (bicyclic) bond motifs is 1. The van der Waals surface area contributed by atoms with Crippen LogP contribution in [0.5, 0.6) is 0 Å². The van der Waals surface area contributed by atoms with Gasteiger partial charge in [-0.25, -0.2) is 0 Å². The number of rotatable bonds is 7. The SMILES string of the molecule is Cc1cccc2c1CCOC2C(=O)NCCN(C(=O)c1cnn(C2CCOCC2)c1)C1CC1. The molecular weight excluding hydrogens is 420 g/mol. The quantitative estimate of drug-likeness (QED) is 0.698. The van der Waals surface area contributed by atoms with Gasteiger partial charge in [0.05, 0.1) is 24.4 Å². The molecular formula is C25H32N4O4. The molecule has 2 aromatic rings. The Morgan fingerprint density at radius 2 is 2.00 bits per heavy atom. The van der Waals surface area contributed by atoms with Crippen LogP contribution in [-0.2, 0) is 20.7 Å². The van der Waals surface area contributed by atoms with Crippen molar-refractivity contribution >= 4 is 11.8 Å². The van der Waals surface area contributed by atoms with Gasteiger partial charge < -0.3 is 19.7 Å². The molecule has 1 aromatic heterocycles. The summed E-state index contributed by atoms with van der Waals surface area (Å²) in [6.45, 7) is 4.95. The van der Waals surface area contributed by atoms with Crippen LogP contribution in [0.1, 0.15) is 64.9 Å². The lowest BCUT2D eigenvalue weighted by Crippen LogP contribution is -2.42. The van der Waals surface area contributed by atoms with Crippen LogP contribution in [0, 0.1) is 6.92 Å². The van der Waals surface area contributed by atoms with Crippen LogP contribution < -0.4 is 5.32 Å². The van der Waals surface area contributed by atoms with E-state index in [2.05, 4.69) is 23.4 Å². The number of aromatic nitrogens is 2. The Kier molecular flexibility index (Phi) is 6.46. The van der Waals surface area contributed by atoms with E-state index in [1.165, 1.54) is 11.1 Å². The van der Waals surface area contributed by atoms with Crippen molar-refractivity contribution in [1.82, 2.24) is 20.0 Å². The minimum atomic E-state index is -0.587. The standard InChI is InChI=1S/C25H32N4O4/c1-17-3-2-4-22-21(17)9-14-33-23(22)24(30)26-10-11-28(19-5-6-19)25(31)18-15-27-29(16-18)20-7-12-32-13-8-20/h2-4,15-16,19-20,23H,5-14H2,1H3,(H,26,30). The zero-order valence-corrected chi connectivity index (χ0v) is 19.2. The van der Waals surface area contributed by atoms with Gasteiger partial charge in [-0.2, -0.15) is 5.10 Å². The Labute approximate surface area is 194 Å². The summed E-state index contributed by atoms with van der Waals surface area (Å²) < 4.78 is 13.1. The molecule has 33 heavy (non-hydrogen) atoms. The third-order valence-electron chi connectivity index (χ3n) is 6.92. The average molecular weight is 453 g/mol. The topological polar surface area (TPSA) is 85.7 Å². The van der Waals surface area contributed by atoms with Crippen molar-refractivity contribution in [3.63, 3.8) is 0 Å². The molecule has 0 radical (unpaired) electrons. The van der Waals surface area contributed by atoms with Crippen LogP contribution in [0.2, 0.25) is 0 Å². The molecule has 2 amide bonds. The Morgan fingerprint density at radius 3 is 2.79 bits per heavy atom. The van der Waals surface area contributed by atoms with Crippen LogP contribution in [0.3, 0.4) is 0 Å². The van der Waals surface area contributed by atoms with E-state index in [4.69, 9.17) is 9.47 Å². The van der Waals surface area contributed by atoms with Gasteiger partial charge in [-0.3, -0.25) is 14.3 Å². The highest BCUT2D eigenvalue weighted by Crippen LogP contribution is 2.30. The number of carbonyl (C=O) groups is 2. The third kappa shape index (κ3) is 4.82. The lowest BCUT2D eigenvalue weighted by Gasteiger charge is -2.27. The van der Waals surface area contributed by atoms with E-state index in [0.29, 0.717) is 25.3 Å². The molecule has 8 nitrogen and oxygen atoms in total. The van der Waals surface area contributed by atoms with Crippen LogP contribution in [0.25, 0.3) is 0 Å². The number of aryl methyl sites for hydroxylation is 1. The minimum Gasteiger partial charge on any atom is -0.381 e. The van der Waals surface area contributed by atoms with E-state index in [1.807, 2.05) is 27.9 Å². The second-order valence-electron chi connectivity index (χ2n) is 9.22. The van der Waals surface area contributed by atoms with Crippen LogP contribution in [-0.4, -0.2) is 65.4 Å². The fourth-order valence-electron chi connectivity index (χ4n) is 4.89. The van der Waals surface area contributed by atoms with E-state index in [0.717, 1.165) is 50.9 Å². The van der Waals surface area contributed by atoms with Gasteiger partial charge in [-0.15, -0.1) is 0 Å². The molecule has 1 saturated carbocycles. The number of nitrogens with one attached hydrogen (secondary N) is 1. The molecule has 8 heteroatoms. The Bertz CT molecular complexity index is 1010. The highest BCUT2D eigenvalue weighted by Gasteiger charge is 2.34. The third-order valence-corrected chi connectivity index (χ3v) is 6.92. The lowest BCUT2D eigenvalue weighted by molar-refractivity contribution is -0.134. The summed E-state index contributed by atoms with van der Waals surface area (Å²) in [7, 11) is 0. The molecule has 1 aliphatic carbocycles. The largest absolute Gasteiger partial charge is 0.381 e. The number of benzene rings is 1. The summed E-state index contributed by atoms with van der Waals surface area (Å²) in [5.74, 6) is -0.156. The number of hydrogen-bond acceptors (Lipinski definition) is 5. The zero-order chi connectivity index (χ0) is 22.8. The number of ether oxygens (including phenoxy) is 2. The molecule has 2 aliphatic heterocycles.